The number of ether oxygens (including phenoxy) is 1. The van der Waals surface area contributed by atoms with Crippen LogP contribution in [0.5, 0.6) is 0 Å². The Kier molecular flexibility index (Phi) is 6.72. The molecule has 2 aliphatic heterocycles. The van der Waals surface area contributed by atoms with Gasteiger partial charge in [0.25, 0.3) is 5.56 Å². The van der Waals surface area contributed by atoms with Crippen LogP contribution in [-0.4, -0.2) is 69.9 Å². The highest BCUT2D eigenvalue weighted by Crippen LogP contribution is 2.31. The second-order valence-electron chi connectivity index (χ2n) is 10.1. The van der Waals surface area contributed by atoms with Crippen LogP contribution in [0.2, 0.25) is 0 Å². The van der Waals surface area contributed by atoms with Gasteiger partial charge in [0.05, 0.1) is 25.1 Å². The van der Waals surface area contributed by atoms with Crippen molar-refractivity contribution >= 4 is 28.5 Å². The molecule has 3 aromatic rings. The Bertz CT molecular complexity index is 1350. The zero-order valence-corrected chi connectivity index (χ0v) is 21.0. The number of piperidine rings is 1. The zero-order chi connectivity index (χ0) is 25.2. The van der Waals surface area contributed by atoms with E-state index in [4.69, 9.17) is 4.74 Å². The standard InChI is InChI=1S/C27H32N8O2/c28-16-19-15-20-17-30-27(32-25(20)35(26(19)36)22-3-1-2-4-22)31-24-6-5-23(18-29-24)33-9-7-21(8-10-33)34-11-13-37-14-12-34/h5-6,15,17-18,21-22H,1-4,7-14H2,(H,29,30,31,32). The predicted molar refractivity (Wildman–Crippen MR) is 141 cm³/mol. The molecule has 3 aromatic heterocycles. The zero-order valence-electron chi connectivity index (χ0n) is 21.0. The summed E-state index contributed by atoms with van der Waals surface area (Å²) < 4.78 is 7.20. The molecule has 1 aliphatic carbocycles. The fraction of sp³-hybridized carbons (Fsp3) is 0.519. The van der Waals surface area contributed by atoms with Gasteiger partial charge in [0.2, 0.25) is 5.95 Å². The average Bonchev–Trinajstić information content (AvgIpc) is 3.48. The summed E-state index contributed by atoms with van der Waals surface area (Å²) in [7, 11) is 0. The van der Waals surface area contributed by atoms with Crippen molar-refractivity contribution in [2.75, 3.05) is 49.6 Å². The van der Waals surface area contributed by atoms with E-state index in [0.717, 1.165) is 83.6 Å². The van der Waals surface area contributed by atoms with E-state index in [0.29, 0.717) is 28.8 Å². The van der Waals surface area contributed by atoms with E-state index < -0.39 is 0 Å². The topological polar surface area (TPSA) is 112 Å². The molecule has 0 unspecified atom stereocenters. The van der Waals surface area contributed by atoms with Gasteiger partial charge in [-0.25, -0.2) is 9.97 Å². The van der Waals surface area contributed by atoms with Crippen molar-refractivity contribution in [1.82, 2.24) is 24.4 Å². The molecule has 5 heterocycles. The monoisotopic (exact) mass is 500 g/mol. The summed E-state index contributed by atoms with van der Waals surface area (Å²) in [5.74, 6) is 1.03. The van der Waals surface area contributed by atoms with Crippen molar-refractivity contribution in [1.29, 1.82) is 5.26 Å². The van der Waals surface area contributed by atoms with Crippen LogP contribution >= 0.6 is 0 Å². The molecule has 0 spiro atoms. The first-order valence-electron chi connectivity index (χ1n) is 13.3. The largest absolute Gasteiger partial charge is 0.379 e. The highest BCUT2D eigenvalue weighted by atomic mass is 16.5. The maximum Gasteiger partial charge on any atom is 0.270 e. The Morgan fingerprint density at radius 2 is 1.76 bits per heavy atom. The van der Waals surface area contributed by atoms with Gasteiger partial charge in [-0.2, -0.15) is 10.2 Å². The smallest absolute Gasteiger partial charge is 0.270 e. The summed E-state index contributed by atoms with van der Waals surface area (Å²) in [6, 6.07) is 8.35. The van der Waals surface area contributed by atoms with E-state index in [-0.39, 0.29) is 17.2 Å². The van der Waals surface area contributed by atoms with Gasteiger partial charge in [-0.05, 0) is 43.9 Å². The molecule has 1 saturated carbocycles. The Hall–Kier alpha value is -3.55. The first-order valence-corrected chi connectivity index (χ1v) is 13.3. The maximum absolute atomic E-state index is 13.0. The molecule has 192 valence electrons. The van der Waals surface area contributed by atoms with Gasteiger partial charge in [-0.3, -0.25) is 14.3 Å². The van der Waals surface area contributed by atoms with Gasteiger partial charge in [0.1, 0.15) is 23.1 Å². The van der Waals surface area contributed by atoms with E-state index in [2.05, 4.69) is 36.1 Å². The second kappa shape index (κ2) is 10.4. The quantitative estimate of drug-likeness (QED) is 0.564. The number of fused-ring (bicyclic) bond motifs is 1. The number of nitrogens with one attached hydrogen (secondary N) is 1. The third kappa shape index (κ3) is 4.89. The minimum Gasteiger partial charge on any atom is -0.379 e. The van der Waals surface area contributed by atoms with Crippen molar-refractivity contribution in [3.8, 4) is 6.07 Å². The van der Waals surface area contributed by atoms with Crippen LogP contribution in [0.25, 0.3) is 11.0 Å². The lowest BCUT2D eigenvalue weighted by atomic mass is 10.0. The normalized spacial score (nSPS) is 19.8. The van der Waals surface area contributed by atoms with Crippen molar-refractivity contribution in [3.05, 3.63) is 46.5 Å². The number of rotatable bonds is 5. The molecule has 0 amide bonds. The van der Waals surface area contributed by atoms with Gasteiger partial charge in [-0.1, -0.05) is 12.8 Å². The fourth-order valence-electron chi connectivity index (χ4n) is 5.96. The molecule has 0 radical (unpaired) electrons. The SMILES string of the molecule is N#Cc1cc2cnc(Nc3ccc(N4CCC(N5CCOCC5)CC4)cn3)nc2n(C2CCCC2)c1=O. The molecule has 1 N–H and O–H groups in total. The molecular weight excluding hydrogens is 468 g/mol. The first-order chi connectivity index (χ1) is 18.2. The number of anilines is 3. The third-order valence-corrected chi connectivity index (χ3v) is 7.96. The van der Waals surface area contributed by atoms with E-state index in [1.807, 2.05) is 18.3 Å². The summed E-state index contributed by atoms with van der Waals surface area (Å²) in [5, 5.41) is 13.3. The molecule has 2 saturated heterocycles. The van der Waals surface area contributed by atoms with Crippen LogP contribution in [-0.2, 0) is 4.74 Å². The lowest BCUT2D eigenvalue weighted by Gasteiger charge is -2.40. The van der Waals surface area contributed by atoms with Crippen LogP contribution < -0.4 is 15.8 Å². The summed E-state index contributed by atoms with van der Waals surface area (Å²) >= 11 is 0. The molecule has 3 fully saturated rings. The number of hydrogen-bond donors (Lipinski definition) is 1. The molecule has 3 aliphatic rings. The van der Waals surface area contributed by atoms with Crippen LogP contribution in [0.4, 0.5) is 17.5 Å². The minimum absolute atomic E-state index is 0.0656. The van der Waals surface area contributed by atoms with Crippen molar-refractivity contribution in [2.45, 2.75) is 50.6 Å². The summed E-state index contributed by atoms with van der Waals surface area (Å²) in [4.78, 5) is 31.7. The van der Waals surface area contributed by atoms with Crippen LogP contribution in [0, 0.1) is 11.3 Å². The van der Waals surface area contributed by atoms with Crippen molar-refractivity contribution in [2.24, 2.45) is 0 Å². The second-order valence-corrected chi connectivity index (χ2v) is 10.1. The molecule has 10 nitrogen and oxygen atoms in total. The number of pyridine rings is 2. The third-order valence-electron chi connectivity index (χ3n) is 7.96. The van der Waals surface area contributed by atoms with E-state index in [1.54, 1.807) is 16.8 Å². The van der Waals surface area contributed by atoms with Crippen molar-refractivity contribution < 1.29 is 4.74 Å². The van der Waals surface area contributed by atoms with Gasteiger partial charge in [0.15, 0.2) is 0 Å². The number of hydrogen-bond acceptors (Lipinski definition) is 9. The lowest BCUT2D eigenvalue weighted by molar-refractivity contribution is 0.0115. The van der Waals surface area contributed by atoms with Gasteiger partial charge >= 0.3 is 0 Å². The van der Waals surface area contributed by atoms with Gasteiger partial charge in [-0.15, -0.1) is 0 Å². The maximum atomic E-state index is 13.0. The summed E-state index contributed by atoms with van der Waals surface area (Å²) in [6.07, 6.45) is 9.87. The van der Waals surface area contributed by atoms with Gasteiger partial charge in [0, 0.05) is 49.8 Å². The van der Waals surface area contributed by atoms with Gasteiger partial charge < -0.3 is 15.0 Å². The Balaban J connectivity index is 1.17. The molecule has 10 heteroatoms. The van der Waals surface area contributed by atoms with Crippen LogP contribution in [0.15, 0.2) is 35.4 Å². The predicted octanol–water partition coefficient (Wildman–Crippen LogP) is 3.22. The van der Waals surface area contributed by atoms with Crippen LogP contribution in [0.3, 0.4) is 0 Å². The molecule has 0 bridgehead atoms. The number of nitrogens with zero attached hydrogens (tertiary/aromatic N) is 7. The molecule has 0 atom stereocenters. The molecule has 37 heavy (non-hydrogen) atoms. The number of nitriles is 1. The lowest BCUT2D eigenvalue weighted by Crippen LogP contribution is -2.49. The Morgan fingerprint density at radius 3 is 2.46 bits per heavy atom. The summed E-state index contributed by atoms with van der Waals surface area (Å²) in [5.41, 5.74) is 1.54. The molecular formula is C27H32N8O2. The Labute approximate surface area is 215 Å². The van der Waals surface area contributed by atoms with E-state index >= 15 is 0 Å². The highest BCUT2D eigenvalue weighted by molar-refractivity contribution is 5.77. The first kappa shape index (κ1) is 23.8. The van der Waals surface area contributed by atoms with E-state index in [1.165, 1.54) is 0 Å². The van der Waals surface area contributed by atoms with Crippen molar-refractivity contribution in [3.63, 3.8) is 0 Å². The average molecular weight is 501 g/mol. The summed E-state index contributed by atoms with van der Waals surface area (Å²) in [6.45, 7) is 5.82. The molecule has 6 rings (SSSR count). The minimum atomic E-state index is -0.272. The van der Waals surface area contributed by atoms with E-state index in [9.17, 15) is 10.1 Å². The molecule has 0 aromatic carbocycles. The highest BCUT2D eigenvalue weighted by Gasteiger charge is 2.26. The fourth-order valence-corrected chi connectivity index (χ4v) is 5.96. The number of aromatic nitrogens is 4. The number of morpholine rings is 1. The van der Waals surface area contributed by atoms with Crippen LogP contribution in [0.1, 0.15) is 50.1 Å². The Morgan fingerprint density at radius 1 is 0.973 bits per heavy atom.